The number of anilines is 1. The number of pyridine rings is 1. The number of benzene rings is 2. The minimum absolute atomic E-state index is 0.0322. The Morgan fingerprint density at radius 3 is 2.28 bits per heavy atom. The van der Waals surface area contributed by atoms with Gasteiger partial charge in [0.05, 0.1) is 0 Å². The van der Waals surface area contributed by atoms with E-state index >= 15 is 0 Å². The van der Waals surface area contributed by atoms with E-state index in [9.17, 15) is 28.6 Å². The maximum atomic E-state index is 13.3. The molecule has 1 aromatic heterocycles. The Balaban J connectivity index is 1.74. The smallest absolute Gasteiger partial charge is 0.310 e. The van der Waals surface area contributed by atoms with Gasteiger partial charge in [-0.2, -0.15) is 0 Å². The van der Waals surface area contributed by atoms with Crippen LogP contribution in [0.4, 0.5) is 29.5 Å². The maximum Gasteiger partial charge on any atom is 0.310 e. The highest BCUT2D eigenvalue weighted by Crippen LogP contribution is 3.02. The highest BCUT2D eigenvalue weighted by molar-refractivity contribution is 8.45. The molecule has 1 unspecified atom stereocenters. The van der Waals surface area contributed by atoms with Gasteiger partial charge in [0.25, 0.3) is 0 Å². The molecule has 3 rings (SSSR count). The van der Waals surface area contributed by atoms with E-state index in [0.717, 1.165) is 12.1 Å². The first-order valence-corrected chi connectivity index (χ1v) is 11.3. The maximum absolute atomic E-state index is 13.3. The van der Waals surface area contributed by atoms with Crippen LogP contribution in [0.2, 0.25) is 0 Å². The molecular weight excluding hydrogens is 456 g/mol. The fraction of sp³-hybridized carbons (Fsp3) is 0.143. The number of carbonyl (C=O) groups excluding carboxylic acids is 1. The van der Waals surface area contributed by atoms with Crippen molar-refractivity contribution in [1.82, 2.24) is 10.3 Å². The van der Waals surface area contributed by atoms with Crippen LogP contribution in [0.1, 0.15) is 17.2 Å². The summed E-state index contributed by atoms with van der Waals surface area (Å²) in [6.45, 7) is 0.171. The monoisotopic (exact) mass is 475 g/mol. The zero-order valence-corrected chi connectivity index (χ0v) is 17.3. The van der Waals surface area contributed by atoms with Gasteiger partial charge >= 0.3 is 10.2 Å². The van der Waals surface area contributed by atoms with E-state index in [1.165, 1.54) is 24.5 Å². The Bertz CT molecular complexity index is 1090. The lowest BCUT2D eigenvalue weighted by molar-refractivity contribution is -0.121. The minimum Gasteiger partial charge on any atom is -0.370 e. The van der Waals surface area contributed by atoms with Crippen molar-refractivity contribution in [1.29, 1.82) is 0 Å². The molecular formula is C21H19F6N3OS. The van der Waals surface area contributed by atoms with Gasteiger partial charge in [0.15, 0.2) is 0 Å². The van der Waals surface area contributed by atoms with Gasteiger partial charge in [0.1, 0.15) is 16.8 Å². The molecule has 32 heavy (non-hydrogen) atoms. The third-order valence-electron chi connectivity index (χ3n) is 4.49. The fourth-order valence-corrected chi connectivity index (χ4v) is 3.60. The third-order valence-corrected chi connectivity index (χ3v) is 5.66. The SMILES string of the molecule is O=C(NCCc1cccc(F)c1)C(Nc1ccc(S(F)(F)(F)(F)F)cc1)c1cccnc1. The summed E-state index contributed by atoms with van der Waals surface area (Å²) < 4.78 is 77.9. The summed E-state index contributed by atoms with van der Waals surface area (Å²) in [5, 5.41) is 5.42. The first-order chi connectivity index (χ1) is 14.8. The van der Waals surface area contributed by atoms with Gasteiger partial charge in [-0.25, -0.2) is 4.39 Å². The summed E-state index contributed by atoms with van der Waals surface area (Å²) in [5.41, 5.74) is 1.11. The largest absolute Gasteiger partial charge is 0.370 e. The van der Waals surface area contributed by atoms with Crippen molar-refractivity contribution in [3.8, 4) is 0 Å². The molecule has 2 N–H and O–H groups in total. The first-order valence-electron chi connectivity index (χ1n) is 9.35. The van der Waals surface area contributed by atoms with Crippen molar-refractivity contribution >= 4 is 21.8 Å². The number of nitrogens with zero attached hydrogens (tertiary/aromatic N) is 1. The molecule has 11 heteroatoms. The van der Waals surface area contributed by atoms with Gasteiger partial charge in [0, 0.05) is 30.2 Å². The molecule has 0 saturated heterocycles. The van der Waals surface area contributed by atoms with Crippen molar-refractivity contribution < 1.29 is 28.6 Å². The summed E-state index contributed by atoms with van der Waals surface area (Å²) in [6, 6.07) is 10.2. The number of amides is 1. The van der Waals surface area contributed by atoms with E-state index in [-0.39, 0.29) is 24.4 Å². The van der Waals surface area contributed by atoms with E-state index in [1.807, 2.05) is 0 Å². The van der Waals surface area contributed by atoms with Crippen molar-refractivity contribution in [2.45, 2.75) is 17.4 Å². The number of aromatic nitrogens is 1. The Hall–Kier alpha value is -3.21. The van der Waals surface area contributed by atoms with Crippen LogP contribution in [0.5, 0.6) is 0 Å². The van der Waals surface area contributed by atoms with Gasteiger partial charge in [-0.3, -0.25) is 9.78 Å². The van der Waals surface area contributed by atoms with E-state index < -0.39 is 32.9 Å². The second-order valence-electron chi connectivity index (χ2n) is 7.03. The lowest BCUT2D eigenvalue weighted by Crippen LogP contribution is -2.34. The van der Waals surface area contributed by atoms with Crippen LogP contribution in [0.3, 0.4) is 0 Å². The van der Waals surface area contributed by atoms with Gasteiger partial charge < -0.3 is 10.6 Å². The summed E-state index contributed by atoms with van der Waals surface area (Å²) >= 11 is 0. The predicted octanol–water partition coefficient (Wildman–Crippen LogP) is 6.39. The van der Waals surface area contributed by atoms with Crippen LogP contribution in [-0.4, -0.2) is 17.4 Å². The number of hydrogen-bond acceptors (Lipinski definition) is 3. The quantitative estimate of drug-likeness (QED) is 0.371. The highest BCUT2D eigenvalue weighted by Gasteiger charge is 2.65. The van der Waals surface area contributed by atoms with Crippen molar-refractivity contribution in [2.24, 2.45) is 0 Å². The van der Waals surface area contributed by atoms with Gasteiger partial charge in [-0.05, 0) is 54.4 Å². The topological polar surface area (TPSA) is 54.0 Å². The van der Waals surface area contributed by atoms with Crippen LogP contribution < -0.4 is 10.6 Å². The van der Waals surface area contributed by atoms with Gasteiger partial charge in [-0.15, -0.1) is 0 Å². The molecule has 0 radical (unpaired) electrons. The Kier molecular flexibility index (Phi) is 5.90. The van der Waals surface area contributed by atoms with Crippen LogP contribution >= 0.6 is 10.2 Å². The summed E-state index contributed by atoms with van der Waals surface area (Å²) in [5.74, 6) is -0.926. The molecule has 172 valence electrons. The fourth-order valence-electron chi connectivity index (χ4n) is 2.95. The van der Waals surface area contributed by atoms with Gasteiger partial charge in [0.2, 0.25) is 5.91 Å². The normalized spacial score (nSPS) is 14.7. The van der Waals surface area contributed by atoms with Crippen molar-refractivity contribution in [3.63, 3.8) is 0 Å². The molecule has 0 aliphatic rings. The van der Waals surface area contributed by atoms with Crippen LogP contribution in [0, 0.1) is 5.82 Å². The van der Waals surface area contributed by atoms with E-state index in [0.29, 0.717) is 17.5 Å². The summed E-state index contributed by atoms with van der Waals surface area (Å²) in [6.07, 6.45) is 3.22. The molecule has 0 saturated carbocycles. The predicted molar refractivity (Wildman–Crippen MR) is 112 cm³/mol. The Labute approximate surface area is 180 Å². The number of halogens is 6. The number of rotatable bonds is 8. The van der Waals surface area contributed by atoms with E-state index in [4.69, 9.17) is 0 Å². The molecule has 0 aliphatic heterocycles. The minimum atomic E-state index is -9.79. The molecule has 4 nitrogen and oxygen atoms in total. The molecule has 0 fully saturated rings. The summed E-state index contributed by atoms with van der Waals surface area (Å²) in [4.78, 5) is 14.7. The second kappa shape index (κ2) is 8.05. The van der Waals surface area contributed by atoms with Crippen LogP contribution in [0.25, 0.3) is 0 Å². The molecule has 0 aliphatic carbocycles. The molecule has 0 spiro atoms. The highest BCUT2D eigenvalue weighted by atomic mass is 32.5. The average molecular weight is 475 g/mol. The molecule has 1 atom stereocenters. The number of hydrogen-bond donors (Lipinski definition) is 2. The third kappa shape index (κ3) is 6.39. The van der Waals surface area contributed by atoms with Crippen molar-refractivity contribution in [3.05, 3.63) is 90.0 Å². The molecule has 1 heterocycles. The van der Waals surface area contributed by atoms with E-state index in [1.54, 1.807) is 24.3 Å². The van der Waals surface area contributed by atoms with Crippen LogP contribution in [-0.2, 0) is 11.2 Å². The lowest BCUT2D eigenvalue weighted by atomic mass is 10.1. The number of carbonyl (C=O) groups is 1. The molecule has 3 aromatic rings. The summed E-state index contributed by atoms with van der Waals surface area (Å²) in [7, 11) is -9.79. The molecule has 0 bridgehead atoms. The average Bonchev–Trinajstić information content (AvgIpc) is 2.71. The standard InChI is InChI=1S/C21H19F6N3OS/c22-17-5-1-3-15(13-17)10-12-29-21(31)20(16-4-2-11-28-14-16)30-18-6-8-19(9-7-18)32(23,24,25,26)27/h1-9,11,13-14,20,30H,10,12H2,(H,29,31). The zero-order chi connectivity index (χ0) is 23.5. The second-order valence-corrected chi connectivity index (χ2v) is 9.44. The number of nitrogens with one attached hydrogen (secondary N) is 2. The molecule has 1 amide bonds. The van der Waals surface area contributed by atoms with E-state index in [2.05, 4.69) is 15.6 Å². The molecule has 2 aromatic carbocycles. The first kappa shape index (κ1) is 23.5. The zero-order valence-electron chi connectivity index (χ0n) is 16.5. The van der Waals surface area contributed by atoms with Crippen molar-refractivity contribution in [2.75, 3.05) is 11.9 Å². The van der Waals surface area contributed by atoms with Crippen LogP contribution in [0.15, 0.2) is 78.0 Å². The Morgan fingerprint density at radius 2 is 1.69 bits per heavy atom. The lowest BCUT2D eigenvalue weighted by Gasteiger charge is -2.40. The van der Waals surface area contributed by atoms with Gasteiger partial charge in [-0.1, -0.05) is 37.6 Å². The Morgan fingerprint density at radius 1 is 0.969 bits per heavy atom.